The van der Waals surface area contributed by atoms with Crippen LogP contribution in [0.15, 0.2) is 28.2 Å². The second-order valence-electron chi connectivity index (χ2n) is 3.42. The minimum absolute atomic E-state index is 0.155. The molecule has 0 heterocycles. The molecule has 17 heavy (non-hydrogen) atoms. The maximum atomic E-state index is 12.2. The number of halogens is 3. The van der Waals surface area contributed by atoms with Crippen LogP contribution in [0.5, 0.6) is 5.75 Å². The fourth-order valence-electron chi connectivity index (χ4n) is 1.36. The minimum atomic E-state index is -2.83. The summed E-state index contributed by atoms with van der Waals surface area (Å²) in [6.45, 7) is -0.465. The number of benzene rings is 1. The third-order valence-electron chi connectivity index (χ3n) is 2.26. The Labute approximate surface area is 108 Å². The van der Waals surface area contributed by atoms with Crippen LogP contribution in [0.2, 0.25) is 0 Å². The molecule has 0 aromatic heterocycles. The fourth-order valence-corrected chi connectivity index (χ4v) is 1.74. The molecule has 5 heteroatoms. The second-order valence-corrected chi connectivity index (χ2v) is 4.34. The van der Waals surface area contributed by atoms with Gasteiger partial charge in [0, 0.05) is 16.6 Å². The molecule has 0 saturated carbocycles. The summed E-state index contributed by atoms with van der Waals surface area (Å²) in [6, 6.07) is 4.89. The first kappa shape index (κ1) is 14.1. The number of nitrogens with two attached hydrogens (primary N) is 1. The summed E-state index contributed by atoms with van der Waals surface area (Å²) in [6.07, 6.45) is 2.56. The Morgan fingerprint density at radius 3 is 2.76 bits per heavy atom. The zero-order valence-electron chi connectivity index (χ0n) is 9.42. The van der Waals surface area contributed by atoms with Crippen LogP contribution in [0.25, 0.3) is 6.08 Å². The molecule has 0 aliphatic carbocycles. The average molecular weight is 306 g/mol. The summed E-state index contributed by atoms with van der Waals surface area (Å²) >= 11 is 3.29. The van der Waals surface area contributed by atoms with Crippen molar-refractivity contribution < 1.29 is 13.5 Å². The molecular formula is C12H14BrF2NO. The van der Waals surface area contributed by atoms with Crippen LogP contribution in [-0.4, -0.2) is 13.2 Å². The Morgan fingerprint density at radius 1 is 1.53 bits per heavy atom. The molecule has 0 amide bonds. The van der Waals surface area contributed by atoms with E-state index in [0.717, 1.165) is 16.5 Å². The third kappa shape index (κ3) is 4.44. The van der Waals surface area contributed by atoms with Crippen LogP contribution in [0.1, 0.15) is 18.9 Å². The quantitative estimate of drug-likeness (QED) is 0.898. The van der Waals surface area contributed by atoms with Crippen LogP contribution in [0, 0.1) is 0 Å². The average Bonchev–Trinajstić information content (AvgIpc) is 2.28. The van der Waals surface area contributed by atoms with E-state index in [1.165, 1.54) is 6.07 Å². The molecule has 0 atom stereocenters. The molecule has 0 unspecified atom stereocenters. The largest absolute Gasteiger partial charge is 0.434 e. The van der Waals surface area contributed by atoms with Gasteiger partial charge in [-0.2, -0.15) is 8.78 Å². The van der Waals surface area contributed by atoms with E-state index < -0.39 is 6.61 Å². The van der Waals surface area contributed by atoms with Crippen molar-refractivity contribution in [2.24, 2.45) is 5.73 Å². The SMILES string of the molecule is CCC(=Cc1cc(Br)ccc1OC(F)F)CN. The van der Waals surface area contributed by atoms with Crippen molar-refractivity contribution in [3.8, 4) is 5.75 Å². The van der Waals surface area contributed by atoms with E-state index in [4.69, 9.17) is 5.73 Å². The van der Waals surface area contributed by atoms with Gasteiger partial charge >= 0.3 is 6.61 Å². The van der Waals surface area contributed by atoms with Gasteiger partial charge in [-0.3, -0.25) is 0 Å². The first-order valence-corrected chi connectivity index (χ1v) is 6.00. The zero-order chi connectivity index (χ0) is 12.8. The summed E-state index contributed by atoms with van der Waals surface area (Å²) in [5.74, 6) is 0.155. The van der Waals surface area contributed by atoms with E-state index in [-0.39, 0.29) is 5.75 Å². The number of rotatable bonds is 5. The highest BCUT2D eigenvalue weighted by Crippen LogP contribution is 2.27. The van der Waals surface area contributed by atoms with Crippen molar-refractivity contribution in [1.29, 1.82) is 0 Å². The minimum Gasteiger partial charge on any atom is -0.434 e. The molecule has 0 radical (unpaired) electrons. The Morgan fingerprint density at radius 2 is 2.24 bits per heavy atom. The standard InChI is InChI=1S/C12H14BrF2NO/c1-2-8(7-16)5-9-6-10(13)3-4-11(9)17-12(14)15/h3-6,12H,2,7,16H2,1H3. The number of alkyl halides is 2. The van der Waals surface area contributed by atoms with Gasteiger partial charge in [0.1, 0.15) is 5.75 Å². The fraction of sp³-hybridized carbons (Fsp3) is 0.333. The van der Waals surface area contributed by atoms with Gasteiger partial charge in [0.15, 0.2) is 0 Å². The Hall–Kier alpha value is -0.940. The van der Waals surface area contributed by atoms with Gasteiger partial charge in [-0.15, -0.1) is 0 Å². The number of ether oxygens (including phenoxy) is 1. The molecular weight excluding hydrogens is 292 g/mol. The monoisotopic (exact) mass is 305 g/mol. The molecule has 1 aromatic carbocycles. The Bertz CT molecular complexity index is 401. The van der Waals surface area contributed by atoms with Gasteiger partial charge < -0.3 is 10.5 Å². The van der Waals surface area contributed by atoms with Crippen LogP contribution in [0.3, 0.4) is 0 Å². The topological polar surface area (TPSA) is 35.2 Å². The van der Waals surface area contributed by atoms with Crippen molar-refractivity contribution in [2.45, 2.75) is 20.0 Å². The van der Waals surface area contributed by atoms with Crippen LogP contribution in [0.4, 0.5) is 8.78 Å². The lowest BCUT2D eigenvalue weighted by Crippen LogP contribution is -2.05. The van der Waals surface area contributed by atoms with Gasteiger partial charge in [0.2, 0.25) is 0 Å². The van der Waals surface area contributed by atoms with Gasteiger partial charge in [0.25, 0.3) is 0 Å². The third-order valence-corrected chi connectivity index (χ3v) is 2.76. The predicted octanol–water partition coefficient (Wildman–Crippen LogP) is 3.80. The summed E-state index contributed by atoms with van der Waals surface area (Å²) in [4.78, 5) is 0. The molecule has 94 valence electrons. The normalized spacial score (nSPS) is 12.0. The maximum absolute atomic E-state index is 12.2. The van der Waals surface area contributed by atoms with E-state index in [1.54, 1.807) is 18.2 Å². The molecule has 0 aliphatic rings. The molecule has 0 spiro atoms. The number of hydrogen-bond donors (Lipinski definition) is 1. The van der Waals surface area contributed by atoms with E-state index in [1.807, 2.05) is 6.92 Å². The van der Waals surface area contributed by atoms with E-state index in [0.29, 0.717) is 12.1 Å². The smallest absolute Gasteiger partial charge is 0.387 e. The van der Waals surface area contributed by atoms with Crippen molar-refractivity contribution in [1.82, 2.24) is 0 Å². The molecule has 1 rings (SSSR count). The Balaban J connectivity index is 3.10. The number of hydrogen-bond acceptors (Lipinski definition) is 2. The van der Waals surface area contributed by atoms with Gasteiger partial charge in [-0.05, 0) is 24.6 Å². The van der Waals surface area contributed by atoms with Gasteiger partial charge in [-0.25, -0.2) is 0 Å². The molecule has 2 nitrogen and oxygen atoms in total. The summed E-state index contributed by atoms with van der Waals surface area (Å²) < 4.78 is 29.7. The molecule has 1 aromatic rings. The van der Waals surface area contributed by atoms with Crippen LogP contribution in [-0.2, 0) is 0 Å². The first-order chi connectivity index (χ1) is 8.06. The van der Waals surface area contributed by atoms with E-state index >= 15 is 0 Å². The Kier molecular flexibility index (Phi) is 5.58. The maximum Gasteiger partial charge on any atom is 0.387 e. The molecule has 0 aliphatic heterocycles. The highest BCUT2D eigenvalue weighted by atomic mass is 79.9. The predicted molar refractivity (Wildman–Crippen MR) is 68.1 cm³/mol. The summed E-state index contributed by atoms with van der Waals surface area (Å²) in [5, 5.41) is 0. The van der Waals surface area contributed by atoms with Crippen molar-refractivity contribution in [3.05, 3.63) is 33.8 Å². The van der Waals surface area contributed by atoms with Crippen LogP contribution < -0.4 is 10.5 Å². The first-order valence-electron chi connectivity index (χ1n) is 5.20. The summed E-state index contributed by atoms with van der Waals surface area (Å²) in [5.41, 5.74) is 7.12. The second kappa shape index (κ2) is 6.71. The van der Waals surface area contributed by atoms with Crippen LogP contribution >= 0.6 is 15.9 Å². The lowest BCUT2D eigenvalue weighted by molar-refractivity contribution is -0.0500. The lowest BCUT2D eigenvalue weighted by Gasteiger charge is -2.09. The molecule has 0 fully saturated rings. The highest BCUT2D eigenvalue weighted by molar-refractivity contribution is 9.10. The zero-order valence-corrected chi connectivity index (χ0v) is 11.0. The van der Waals surface area contributed by atoms with E-state index in [2.05, 4.69) is 20.7 Å². The summed E-state index contributed by atoms with van der Waals surface area (Å²) in [7, 11) is 0. The molecule has 0 saturated heterocycles. The van der Waals surface area contributed by atoms with Gasteiger partial charge in [0.05, 0.1) is 0 Å². The lowest BCUT2D eigenvalue weighted by atomic mass is 10.1. The van der Waals surface area contributed by atoms with Crippen molar-refractivity contribution in [2.75, 3.05) is 6.54 Å². The van der Waals surface area contributed by atoms with Gasteiger partial charge in [-0.1, -0.05) is 34.5 Å². The van der Waals surface area contributed by atoms with Crippen molar-refractivity contribution >= 4 is 22.0 Å². The van der Waals surface area contributed by atoms with Crippen molar-refractivity contribution in [3.63, 3.8) is 0 Å². The van der Waals surface area contributed by atoms with E-state index in [9.17, 15) is 8.78 Å². The molecule has 2 N–H and O–H groups in total. The highest BCUT2D eigenvalue weighted by Gasteiger charge is 2.09. The molecule has 0 bridgehead atoms.